The monoisotopic (exact) mass is 410 g/mol. The molecule has 3 rings (SSSR count). The van der Waals surface area contributed by atoms with Crippen LogP contribution < -0.4 is 16.4 Å². The Morgan fingerprint density at radius 2 is 2.00 bits per heavy atom. The van der Waals surface area contributed by atoms with Crippen molar-refractivity contribution in [1.82, 2.24) is 30.3 Å². The Bertz CT molecular complexity index is 987. The lowest BCUT2D eigenvalue weighted by atomic mass is 10.1. The number of aromatic nitrogens is 5. The van der Waals surface area contributed by atoms with Crippen LogP contribution in [0.5, 0.6) is 0 Å². The number of nitrogens with two attached hydrogens (primary N) is 1. The minimum absolute atomic E-state index is 0.357. The van der Waals surface area contributed by atoms with Crippen LogP contribution in [-0.2, 0) is 6.54 Å². The van der Waals surface area contributed by atoms with Crippen LogP contribution in [0.25, 0.3) is 11.2 Å². The van der Waals surface area contributed by atoms with Gasteiger partial charge in [-0.2, -0.15) is 0 Å². The van der Waals surface area contributed by atoms with Gasteiger partial charge in [0.15, 0.2) is 22.1 Å². The summed E-state index contributed by atoms with van der Waals surface area (Å²) < 4.78 is 1.82. The van der Waals surface area contributed by atoms with Gasteiger partial charge >= 0.3 is 0 Å². The fourth-order valence-electron chi connectivity index (χ4n) is 2.65. The smallest absolute Gasteiger partial charge is 0.191 e. The maximum absolute atomic E-state index is 5.43. The molecule has 0 aliphatic carbocycles. The quantitative estimate of drug-likeness (QED) is 0.212. The molecular weight excluding hydrogens is 384 g/mol. The summed E-state index contributed by atoms with van der Waals surface area (Å²) in [6.07, 6.45) is 1.06. The highest BCUT2D eigenvalue weighted by molar-refractivity contribution is 7.99. The van der Waals surface area contributed by atoms with Gasteiger partial charge in [-0.1, -0.05) is 47.9 Å². The molecule has 29 heavy (non-hydrogen) atoms. The molecule has 1 aromatic carbocycles. The molecular formula is C20H26N8S. The van der Waals surface area contributed by atoms with Gasteiger partial charge in [0.1, 0.15) is 0 Å². The first kappa shape index (κ1) is 21.0. The molecule has 0 fully saturated rings. The summed E-state index contributed by atoms with van der Waals surface area (Å²) in [6.45, 7) is 4.65. The van der Waals surface area contributed by atoms with E-state index in [0.717, 1.165) is 53.0 Å². The average molecular weight is 411 g/mol. The van der Waals surface area contributed by atoms with Crippen LogP contribution in [0.1, 0.15) is 24.5 Å². The second kappa shape index (κ2) is 10.8. The van der Waals surface area contributed by atoms with E-state index in [-0.39, 0.29) is 0 Å². The molecule has 0 aliphatic rings. The van der Waals surface area contributed by atoms with Crippen LogP contribution in [0, 0.1) is 11.8 Å². The number of hydrogen-bond acceptors (Lipinski definition) is 8. The van der Waals surface area contributed by atoms with Crippen molar-refractivity contribution in [2.24, 2.45) is 5.73 Å². The van der Waals surface area contributed by atoms with Crippen LogP contribution in [0.15, 0.2) is 29.4 Å². The zero-order valence-electron chi connectivity index (χ0n) is 16.8. The van der Waals surface area contributed by atoms with Gasteiger partial charge < -0.3 is 16.4 Å². The molecule has 2 aromatic heterocycles. The molecule has 0 aliphatic heterocycles. The number of fused-ring (bicyclic) bond motifs is 1. The maximum atomic E-state index is 5.43. The number of thioether (sulfide) groups is 1. The Morgan fingerprint density at radius 3 is 2.72 bits per heavy atom. The van der Waals surface area contributed by atoms with Gasteiger partial charge in [-0.05, 0) is 31.2 Å². The number of anilines is 1. The van der Waals surface area contributed by atoms with Gasteiger partial charge in [-0.3, -0.25) is 0 Å². The maximum Gasteiger partial charge on any atom is 0.191 e. The van der Waals surface area contributed by atoms with Gasteiger partial charge in [0, 0.05) is 24.4 Å². The van der Waals surface area contributed by atoms with Crippen molar-refractivity contribution in [3.8, 4) is 11.8 Å². The molecule has 0 amide bonds. The number of likely N-dealkylation sites (N-methyl/N-ethyl adjacent to an activating group) is 1. The SMILES string of the molecule is CCCSc1nc(NCCNC)c2nnn(Cc3ccc(C#CCN)cc3)c2n1. The lowest BCUT2D eigenvalue weighted by Crippen LogP contribution is -2.18. The molecule has 3 aromatic rings. The van der Waals surface area contributed by atoms with Crippen LogP contribution in [0.4, 0.5) is 5.82 Å². The molecule has 2 heterocycles. The van der Waals surface area contributed by atoms with Crippen molar-refractivity contribution in [1.29, 1.82) is 0 Å². The predicted molar refractivity (Wildman–Crippen MR) is 118 cm³/mol. The minimum Gasteiger partial charge on any atom is -0.367 e. The highest BCUT2D eigenvalue weighted by Gasteiger charge is 2.15. The van der Waals surface area contributed by atoms with Crippen LogP contribution >= 0.6 is 11.8 Å². The molecule has 0 saturated carbocycles. The van der Waals surface area contributed by atoms with Gasteiger partial charge in [-0.25, -0.2) is 14.6 Å². The second-order valence-electron chi connectivity index (χ2n) is 6.36. The molecule has 0 spiro atoms. The third-order valence-electron chi connectivity index (χ3n) is 4.07. The van der Waals surface area contributed by atoms with Crippen LogP contribution in [0.3, 0.4) is 0 Å². The molecule has 0 saturated heterocycles. The molecule has 0 radical (unpaired) electrons. The lowest BCUT2D eigenvalue weighted by molar-refractivity contribution is 0.661. The van der Waals surface area contributed by atoms with E-state index >= 15 is 0 Å². The Labute approximate surface area is 175 Å². The number of benzene rings is 1. The Hall–Kier alpha value is -2.67. The topological polar surface area (TPSA) is 107 Å². The average Bonchev–Trinajstić information content (AvgIpc) is 3.14. The largest absolute Gasteiger partial charge is 0.367 e. The zero-order valence-corrected chi connectivity index (χ0v) is 17.6. The van der Waals surface area contributed by atoms with Gasteiger partial charge in [0.05, 0.1) is 13.1 Å². The van der Waals surface area contributed by atoms with Gasteiger partial charge in [0.2, 0.25) is 0 Å². The number of nitrogens with zero attached hydrogens (tertiary/aromatic N) is 5. The zero-order chi connectivity index (χ0) is 20.5. The molecule has 9 heteroatoms. The number of rotatable bonds is 9. The van der Waals surface area contributed by atoms with E-state index in [1.165, 1.54) is 0 Å². The number of nitrogens with one attached hydrogen (secondary N) is 2. The van der Waals surface area contributed by atoms with Crippen LogP contribution in [0.2, 0.25) is 0 Å². The molecule has 0 bridgehead atoms. The number of hydrogen-bond donors (Lipinski definition) is 3. The summed E-state index contributed by atoms with van der Waals surface area (Å²) in [7, 11) is 1.92. The summed E-state index contributed by atoms with van der Waals surface area (Å²) in [5, 5.41) is 15.9. The van der Waals surface area contributed by atoms with Gasteiger partial charge in [-0.15, -0.1) is 5.10 Å². The first-order valence-corrected chi connectivity index (χ1v) is 10.6. The molecule has 152 valence electrons. The Balaban J connectivity index is 1.88. The van der Waals surface area contributed by atoms with E-state index in [4.69, 9.17) is 10.7 Å². The first-order chi connectivity index (χ1) is 14.2. The van der Waals surface area contributed by atoms with Crippen molar-refractivity contribution in [2.75, 3.05) is 37.8 Å². The molecule has 4 N–H and O–H groups in total. The Kier molecular flexibility index (Phi) is 7.81. The lowest BCUT2D eigenvalue weighted by Gasteiger charge is -2.08. The highest BCUT2D eigenvalue weighted by Crippen LogP contribution is 2.23. The summed E-state index contributed by atoms with van der Waals surface area (Å²) in [5.41, 5.74) is 8.89. The van der Waals surface area contributed by atoms with Gasteiger partial charge in [0.25, 0.3) is 0 Å². The highest BCUT2D eigenvalue weighted by atomic mass is 32.2. The van der Waals surface area contributed by atoms with E-state index in [1.807, 2.05) is 36.0 Å². The Morgan fingerprint density at radius 1 is 1.17 bits per heavy atom. The van der Waals surface area contributed by atoms with Crippen molar-refractivity contribution >= 4 is 28.7 Å². The fourth-order valence-corrected chi connectivity index (χ4v) is 3.34. The molecule has 0 unspecified atom stereocenters. The van der Waals surface area contributed by atoms with E-state index in [1.54, 1.807) is 11.8 Å². The van der Waals surface area contributed by atoms with E-state index in [0.29, 0.717) is 18.6 Å². The first-order valence-electron chi connectivity index (χ1n) is 9.65. The van der Waals surface area contributed by atoms with E-state index in [2.05, 4.69) is 44.7 Å². The minimum atomic E-state index is 0.357. The summed E-state index contributed by atoms with van der Waals surface area (Å²) in [4.78, 5) is 9.36. The molecule has 0 atom stereocenters. The standard InChI is InChI=1S/C20H26N8S/c1-3-13-29-20-24-18(23-12-11-22-2)17-19(25-20)28(27-26-17)14-16-8-6-15(7-9-16)5-4-10-21/h6-9,22H,3,10-14,21H2,1-2H3,(H,23,24,25). The van der Waals surface area contributed by atoms with Crippen molar-refractivity contribution < 1.29 is 0 Å². The summed E-state index contributed by atoms with van der Waals surface area (Å²) >= 11 is 1.64. The summed E-state index contributed by atoms with van der Waals surface area (Å²) in [6, 6.07) is 8.04. The normalized spacial score (nSPS) is 10.7. The third kappa shape index (κ3) is 5.67. The predicted octanol–water partition coefficient (Wildman–Crippen LogP) is 1.71. The van der Waals surface area contributed by atoms with E-state index in [9.17, 15) is 0 Å². The third-order valence-corrected chi connectivity index (χ3v) is 5.12. The van der Waals surface area contributed by atoms with Crippen molar-refractivity contribution in [3.63, 3.8) is 0 Å². The fraction of sp³-hybridized carbons (Fsp3) is 0.400. The summed E-state index contributed by atoms with van der Waals surface area (Å²) in [5.74, 6) is 7.59. The van der Waals surface area contributed by atoms with Crippen molar-refractivity contribution in [3.05, 3.63) is 35.4 Å². The van der Waals surface area contributed by atoms with Crippen molar-refractivity contribution in [2.45, 2.75) is 25.0 Å². The second-order valence-corrected chi connectivity index (χ2v) is 7.42. The van der Waals surface area contributed by atoms with E-state index < -0.39 is 0 Å². The van der Waals surface area contributed by atoms with Crippen LogP contribution in [-0.4, -0.2) is 57.4 Å². The molecule has 8 nitrogen and oxygen atoms in total.